The largest absolute Gasteiger partial charge is 0.497 e. The lowest BCUT2D eigenvalue weighted by Crippen LogP contribution is -2.02. The van der Waals surface area contributed by atoms with Crippen LogP contribution in [0.5, 0.6) is 11.5 Å². The van der Waals surface area contributed by atoms with Crippen molar-refractivity contribution in [2.75, 3.05) is 14.2 Å². The van der Waals surface area contributed by atoms with E-state index in [0.717, 1.165) is 62.0 Å². The maximum atomic E-state index is 5.71. The highest BCUT2D eigenvalue weighted by molar-refractivity contribution is 5.86. The van der Waals surface area contributed by atoms with Gasteiger partial charge in [0.05, 0.1) is 25.6 Å². The van der Waals surface area contributed by atoms with Crippen LogP contribution < -0.4 is 9.47 Å². The molecule has 0 saturated carbocycles. The van der Waals surface area contributed by atoms with Crippen LogP contribution >= 0.6 is 0 Å². The monoisotopic (exact) mass is 573 g/mol. The third-order valence-electron chi connectivity index (χ3n) is 7.76. The van der Waals surface area contributed by atoms with Crippen molar-refractivity contribution in [3.8, 4) is 39.7 Å². The Balaban J connectivity index is 1.56. The van der Waals surface area contributed by atoms with Crippen molar-refractivity contribution in [1.29, 1.82) is 0 Å². The van der Waals surface area contributed by atoms with Crippen LogP contribution in [0.25, 0.3) is 52.5 Å². The normalized spacial score (nSPS) is 11.3. The maximum absolute atomic E-state index is 5.71. The molecule has 3 nitrogen and oxygen atoms in total. The van der Waals surface area contributed by atoms with E-state index in [1.807, 2.05) is 24.3 Å². The summed E-state index contributed by atoms with van der Waals surface area (Å²) >= 11 is 0. The van der Waals surface area contributed by atoms with Crippen LogP contribution in [0.15, 0.2) is 133 Å². The fourth-order valence-corrected chi connectivity index (χ4v) is 5.39. The first-order valence-corrected chi connectivity index (χ1v) is 14.7. The van der Waals surface area contributed by atoms with Crippen LogP contribution in [-0.2, 0) is 0 Å². The van der Waals surface area contributed by atoms with Crippen LogP contribution in [0.1, 0.15) is 27.8 Å². The summed E-state index contributed by atoms with van der Waals surface area (Å²) in [5, 5.41) is 0. The third kappa shape index (κ3) is 6.28. The van der Waals surface area contributed by atoms with Gasteiger partial charge in [-0.3, -0.25) is 0 Å². The number of aryl methyl sites for hydroxylation is 1. The number of ether oxygens (including phenoxy) is 2. The summed E-state index contributed by atoms with van der Waals surface area (Å²) in [7, 11) is 3.43. The number of methoxy groups -OCH3 is 2. The van der Waals surface area contributed by atoms with E-state index < -0.39 is 0 Å². The number of rotatable bonds is 9. The van der Waals surface area contributed by atoms with Gasteiger partial charge in [-0.1, -0.05) is 115 Å². The molecule has 44 heavy (non-hydrogen) atoms. The Bertz CT molecular complexity index is 1800. The van der Waals surface area contributed by atoms with E-state index in [0.29, 0.717) is 0 Å². The summed E-state index contributed by atoms with van der Waals surface area (Å²) in [5.41, 5.74) is 11.1. The van der Waals surface area contributed by atoms with Crippen molar-refractivity contribution < 1.29 is 9.47 Å². The van der Waals surface area contributed by atoms with Crippen molar-refractivity contribution >= 4 is 24.3 Å². The lowest BCUT2D eigenvalue weighted by atomic mass is 10.0. The van der Waals surface area contributed by atoms with Gasteiger partial charge < -0.3 is 14.0 Å². The fraction of sp³-hybridized carbons (Fsp3) is 0.0732. The number of aromatic nitrogens is 1. The molecule has 0 N–H and O–H groups in total. The number of hydrogen-bond acceptors (Lipinski definition) is 2. The molecule has 0 bridgehead atoms. The summed E-state index contributed by atoms with van der Waals surface area (Å²) in [5.74, 6) is 1.62. The van der Waals surface area contributed by atoms with E-state index in [2.05, 4.69) is 145 Å². The Morgan fingerprint density at radius 2 is 0.932 bits per heavy atom. The molecule has 0 spiro atoms. The zero-order chi connectivity index (χ0) is 30.3. The van der Waals surface area contributed by atoms with Crippen molar-refractivity contribution in [2.24, 2.45) is 0 Å². The van der Waals surface area contributed by atoms with Gasteiger partial charge in [0, 0.05) is 16.8 Å². The van der Waals surface area contributed by atoms with Gasteiger partial charge in [0.1, 0.15) is 11.5 Å². The van der Waals surface area contributed by atoms with Gasteiger partial charge in [0.15, 0.2) is 0 Å². The molecule has 6 rings (SSSR count). The van der Waals surface area contributed by atoms with E-state index >= 15 is 0 Å². The highest BCUT2D eigenvalue weighted by Gasteiger charge is 2.18. The zero-order valence-corrected chi connectivity index (χ0v) is 25.3. The van der Waals surface area contributed by atoms with Gasteiger partial charge in [-0.2, -0.15) is 0 Å². The predicted molar refractivity (Wildman–Crippen MR) is 185 cm³/mol. The van der Waals surface area contributed by atoms with Crippen LogP contribution in [0.2, 0.25) is 0 Å². The summed E-state index contributed by atoms with van der Waals surface area (Å²) in [6, 6.07) is 46.4. The lowest BCUT2D eigenvalue weighted by Gasteiger charge is -2.18. The molecule has 0 saturated heterocycles. The minimum Gasteiger partial charge on any atom is -0.497 e. The average molecular weight is 574 g/mol. The number of nitrogens with zero attached hydrogens (tertiary/aromatic N) is 1. The van der Waals surface area contributed by atoms with Crippen LogP contribution in [0, 0.1) is 6.92 Å². The van der Waals surface area contributed by atoms with Crippen molar-refractivity contribution in [3.05, 3.63) is 161 Å². The first kappa shape index (κ1) is 28.6. The summed E-state index contributed by atoms with van der Waals surface area (Å²) in [6.07, 6.45) is 8.66. The van der Waals surface area contributed by atoms with Crippen LogP contribution in [0.4, 0.5) is 0 Å². The summed E-state index contributed by atoms with van der Waals surface area (Å²) in [6.45, 7) is 2.12. The Hall–Kier alpha value is -5.54. The molecule has 0 aliphatic rings. The Labute approximate surface area is 260 Å². The zero-order valence-electron chi connectivity index (χ0n) is 25.3. The van der Waals surface area contributed by atoms with E-state index in [-0.39, 0.29) is 0 Å². The van der Waals surface area contributed by atoms with Crippen molar-refractivity contribution in [1.82, 2.24) is 4.57 Å². The first-order chi connectivity index (χ1) is 21.6. The predicted octanol–water partition coefficient (Wildman–Crippen LogP) is 10.5. The van der Waals surface area contributed by atoms with E-state index in [9.17, 15) is 0 Å². The molecule has 1 aromatic heterocycles. The van der Waals surface area contributed by atoms with Crippen molar-refractivity contribution in [2.45, 2.75) is 6.92 Å². The molecule has 0 atom stereocenters. The highest BCUT2D eigenvalue weighted by atomic mass is 16.5. The quantitative estimate of drug-likeness (QED) is 0.161. The molecule has 6 aromatic rings. The van der Waals surface area contributed by atoms with Gasteiger partial charge in [-0.05, 0) is 77.7 Å². The number of benzene rings is 5. The molecule has 216 valence electrons. The van der Waals surface area contributed by atoms with Gasteiger partial charge in [-0.25, -0.2) is 0 Å². The second-order valence-corrected chi connectivity index (χ2v) is 10.7. The minimum atomic E-state index is 0.808. The Morgan fingerprint density at radius 3 is 1.36 bits per heavy atom. The minimum absolute atomic E-state index is 0.808. The Morgan fingerprint density at radius 1 is 0.477 bits per heavy atom. The second-order valence-electron chi connectivity index (χ2n) is 10.7. The molecular weight excluding hydrogens is 538 g/mol. The van der Waals surface area contributed by atoms with Gasteiger partial charge >= 0.3 is 0 Å². The highest BCUT2D eigenvalue weighted by Crippen LogP contribution is 2.39. The standard InChI is InChI=1S/C41H35NO2/c1-30-14-22-35(23-15-30)42-40(38-28-36(43-2)24-20-33(38)18-16-31-10-6-4-7-11-31)26-27-41(42)39-29-37(44-3)25-21-34(39)19-17-32-12-8-5-9-13-32/h4-29H,1-3H3. The van der Waals surface area contributed by atoms with E-state index in [4.69, 9.17) is 9.47 Å². The summed E-state index contributed by atoms with van der Waals surface area (Å²) in [4.78, 5) is 0. The SMILES string of the molecule is COc1ccc(C=Cc2ccccc2)c(-c2ccc(-c3cc(OC)ccc3C=Cc3ccccc3)n2-c2ccc(C)cc2)c1. The number of hydrogen-bond donors (Lipinski definition) is 0. The molecule has 0 aliphatic heterocycles. The second kappa shape index (κ2) is 13.2. The molecule has 0 fully saturated rings. The van der Waals surface area contributed by atoms with Crippen molar-refractivity contribution in [3.63, 3.8) is 0 Å². The topological polar surface area (TPSA) is 23.4 Å². The summed E-state index contributed by atoms with van der Waals surface area (Å²) < 4.78 is 13.8. The molecule has 0 radical (unpaired) electrons. The molecule has 0 aliphatic carbocycles. The van der Waals surface area contributed by atoms with Gasteiger partial charge in [0.2, 0.25) is 0 Å². The molecule has 3 heteroatoms. The van der Waals surface area contributed by atoms with Gasteiger partial charge in [0.25, 0.3) is 0 Å². The van der Waals surface area contributed by atoms with Crippen LogP contribution in [0.3, 0.4) is 0 Å². The van der Waals surface area contributed by atoms with Crippen LogP contribution in [-0.4, -0.2) is 18.8 Å². The third-order valence-corrected chi connectivity index (χ3v) is 7.76. The average Bonchev–Trinajstić information content (AvgIpc) is 3.52. The Kier molecular flexibility index (Phi) is 8.56. The first-order valence-electron chi connectivity index (χ1n) is 14.7. The molecule has 5 aromatic carbocycles. The molecule has 1 heterocycles. The van der Waals surface area contributed by atoms with E-state index in [1.54, 1.807) is 14.2 Å². The van der Waals surface area contributed by atoms with Gasteiger partial charge in [-0.15, -0.1) is 0 Å². The fourth-order valence-electron chi connectivity index (χ4n) is 5.39. The molecular formula is C41H35NO2. The maximum Gasteiger partial charge on any atom is 0.119 e. The lowest BCUT2D eigenvalue weighted by molar-refractivity contribution is 0.415. The molecule has 0 unspecified atom stereocenters. The smallest absolute Gasteiger partial charge is 0.119 e. The van der Waals surface area contributed by atoms with E-state index in [1.165, 1.54) is 5.56 Å². The molecule has 0 amide bonds.